The average Bonchev–Trinajstić information content (AvgIpc) is 2.79. The maximum absolute atomic E-state index is 12.3. The Kier molecular flexibility index (Phi) is 6.86. The number of hydrogen-bond donors (Lipinski definition) is 1. The van der Waals surface area contributed by atoms with Gasteiger partial charge in [-0.3, -0.25) is 4.79 Å². The van der Waals surface area contributed by atoms with E-state index in [-0.39, 0.29) is 12.5 Å². The number of ether oxygens (including phenoxy) is 2. The van der Waals surface area contributed by atoms with E-state index in [0.29, 0.717) is 34.7 Å². The summed E-state index contributed by atoms with van der Waals surface area (Å²) in [7, 11) is 0. The Morgan fingerprint density at radius 3 is 2.65 bits per heavy atom. The van der Waals surface area contributed by atoms with Gasteiger partial charge in [0.1, 0.15) is 5.75 Å². The van der Waals surface area contributed by atoms with Gasteiger partial charge in [-0.15, -0.1) is 10.2 Å². The van der Waals surface area contributed by atoms with Gasteiger partial charge >= 0.3 is 0 Å². The number of amides is 1. The molecule has 0 saturated carbocycles. The second-order valence-corrected chi connectivity index (χ2v) is 7.71. The minimum absolute atomic E-state index is 0.181. The average molecular weight is 459 g/mol. The van der Waals surface area contributed by atoms with E-state index >= 15 is 0 Å². The van der Waals surface area contributed by atoms with Crippen molar-refractivity contribution in [3.63, 3.8) is 0 Å². The summed E-state index contributed by atoms with van der Waals surface area (Å²) in [6, 6.07) is 16.1. The second-order valence-electron chi connectivity index (χ2n) is 6.87. The summed E-state index contributed by atoms with van der Waals surface area (Å²) in [6.07, 6.45) is 0. The van der Waals surface area contributed by atoms with E-state index in [2.05, 4.69) is 20.4 Å². The van der Waals surface area contributed by atoms with Crippen molar-refractivity contribution in [2.45, 2.75) is 0 Å². The van der Waals surface area contributed by atoms with Crippen LogP contribution in [-0.4, -0.2) is 49.0 Å². The number of nitrogens with one attached hydrogen (secondary N) is 1. The van der Waals surface area contributed by atoms with Gasteiger partial charge in [0.05, 0.1) is 23.9 Å². The van der Waals surface area contributed by atoms with Gasteiger partial charge in [0, 0.05) is 29.4 Å². The van der Waals surface area contributed by atoms with E-state index < -0.39 is 0 Å². The first-order chi connectivity index (χ1) is 15.1. The van der Waals surface area contributed by atoms with Crippen LogP contribution in [0, 0.1) is 0 Å². The first-order valence-corrected chi connectivity index (χ1v) is 10.5. The molecule has 3 aromatic rings. The molecule has 1 aliphatic heterocycles. The van der Waals surface area contributed by atoms with Crippen LogP contribution in [0.3, 0.4) is 0 Å². The molecular formula is C22H20Cl2N4O3. The minimum Gasteiger partial charge on any atom is -0.482 e. The molecule has 0 aliphatic carbocycles. The molecule has 1 saturated heterocycles. The molecule has 0 spiro atoms. The molecule has 31 heavy (non-hydrogen) atoms. The number of hydrogen-bond acceptors (Lipinski definition) is 6. The zero-order chi connectivity index (χ0) is 21.6. The highest BCUT2D eigenvalue weighted by Gasteiger charge is 2.13. The molecule has 4 rings (SSSR count). The first kappa shape index (κ1) is 21.4. The maximum atomic E-state index is 12.3. The van der Waals surface area contributed by atoms with Gasteiger partial charge < -0.3 is 19.7 Å². The fraction of sp³-hybridized carbons (Fsp3) is 0.227. The topological polar surface area (TPSA) is 76.6 Å². The van der Waals surface area contributed by atoms with Crippen molar-refractivity contribution in [3.8, 4) is 17.0 Å². The molecule has 1 N–H and O–H groups in total. The van der Waals surface area contributed by atoms with Crippen LogP contribution in [0.5, 0.6) is 5.75 Å². The van der Waals surface area contributed by atoms with Crippen LogP contribution in [0.4, 0.5) is 11.5 Å². The minimum atomic E-state index is -0.308. The molecule has 2 heterocycles. The summed E-state index contributed by atoms with van der Waals surface area (Å²) in [5.74, 6) is 0.914. The number of aromatic nitrogens is 2. The van der Waals surface area contributed by atoms with Crippen molar-refractivity contribution in [1.29, 1.82) is 0 Å². The molecule has 160 valence electrons. The van der Waals surface area contributed by atoms with Gasteiger partial charge in [0.25, 0.3) is 5.91 Å². The van der Waals surface area contributed by atoms with Crippen LogP contribution < -0.4 is 15.0 Å². The lowest BCUT2D eigenvalue weighted by Gasteiger charge is -2.27. The number of halogens is 2. The number of benzene rings is 2. The van der Waals surface area contributed by atoms with Crippen LogP contribution in [0.15, 0.2) is 54.6 Å². The Morgan fingerprint density at radius 1 is 1.06 bits per heavy atom. The molecular weight excluding hydrogens is 439 g/mol. The van der Waals surface area contributed by atoms with E-state index in [1.165, 1.54) is 0 Å². The lowest BCUT2D eigenvalue weighted by Crippen LogP contribution is -2.36. The largest absolute Gasteiger partial charge is 0.482 e. The Labute approximate surface area is 189 Å². The Morgan fingerprint density at radius 2 is 1.90 bits per heavy atom. The summed E-state index contributed by atoms with van der Waals surface area (Å²) in [5, 5.41) is 12.3. The number of morpholine rings is 1. The maximum Gasteiger partial charge on any atom is 0.262 e. The summed E-state index contributed by atoms with van der Waals surface area (Å²) < 4.78 is 10.8. The highest BCUT2D eigenvalue weighted by Crippen LogP contribution is 2.27. The fourth-order valence-electron chi connectivity index (χ4n) is 3.13. The van der Waals surface area contributed by atoms with Crippen molar-refractivity contribution in [2.24, 2.45) is 0 Å². The third-order valence-corrected chi connectivity index (χ3v) is 5.21. The van der Waals surface area contributed by atoms with E-state index in [1.54, 1.807) is 24.3 Å². The molecule has 0 atom stereocenters. The number of nitrogens with zero attached hydrogens (tertiary/aromatic N) is 3. The van der Waals surface area contributed by atoms with Gasteiger partial charge in [-0.05, 0) is 42.5 Å². The number of rotatable bonds is 6. The molecule has 1 aromatic heterocycles. The van der Waals surface area contributed by atoms with Gasteiger partial charge in [0.2, 0.25) is 0 Å². The smallest absolute Gasteiger partial charge is 0.262 e. The molecule has 7 nitrogen and oxygen atoms in total. The molecule has 0 bridgehead atoms. The van der Waals surface area contributed by atoms with Crippen molar-refractivity contribution >= 4 is 40.6 Å². The van der Waals surface area contributed by atoms with Gasteiger partial charge in [-0.25, -0.2) is 0 Å². The van der Waals surface area contributed by atoms with E-state index in [0.717, 1.165) is 30.2 Å². The fourth-order valence-corrected chi connectivity index (χ4v) is 3.59. The monoisotopic (exact) mass is 458 g/mol. The molecule has 0 unspecified atom stereocenters. The Hall–Kier alpha value is -2.87. The zero-order valence-electron chi connectivity index (χ0n) is 16.6. The van der Waals surface area contributed by atoms with Crippen LogP contribution >= 0.6 is 23.2 Å². The summed E-state index contributed by atoms with van der Waals surface area (Å²) in [4.78, 5) is 14.4. The SMILES string of the molecule is O=C(COc1ccc(Cl)cc1Cl)Nc1cccc(-c2ccc(N3CCOCC3)nn2)c1. The third-order valence-electron chi connectivity index (χ3n) is 4.68. The molecule has 2 aromatic carbocycles. The molecule has 0 radical (unpaired) electrons. The standard InChI is InChI=1S/C22H20Cl2N4O3/c23-16-4-6-20(18(24)13-16)31-14-22(29)25-17-3-1-2-15(12-17)19-5-7-21(27-26-19)28-8-10-30-11-9-28/h1-7,12-13H,8-11,14H2,(H,25,29). The van der Waals surface area contributed by atoms with Gasteiger partial charge in [0.15, 0.2) is 12.4 Å². The van der Waals surface area contributed by atoms with Crippen molar-refractivity contribution in [3.05, 3.63) is 64.6 Å². The predicted octanol–water partition coefficient (Wildman–Crippen LogP) is 4.30. The number of anilines is 2. The van der Waals surface area contributed by atoms with E-state index in [4.69, 9.17) is 32.7 Å². The van der Waals surface area contributed by atoms with Gasteiger partial charge in [-0.2, -0.15) is 0 Å². The van der Waals surface area contributed by atoms with Crippen LogP contribution in [0.25, 0.3) is 11.3 Å². The summed E-state index contributed by atoms with van der Waals surface area (Å²) in [6.45, 7) is 2.82. The van der Waals surface area contributed by atoms with Crippen LogP contribution in [-0.2, 0) is 9.53 Å². The highest BCUT2D eigenvalue weighted by molar-refractivity contribution is 6.35. The molecule has 1 aliphatic rings. The Bertz CT molecular complexity index is 1060. The lowest BCUT2D eigenvalue weighted by atomic mass is 10.1. The van der Waals surface area contributed by atoms with Crippen molar-refractivity contribution in [2.75, 3.05) is 43.1 Å². The van der Waals surface area contributed by atoms with Gasteiger partial charge in [-0.1, -0.05) is 35.3 Å². The van der Waals surface area contributed by atoms with E-state index in [9.17, 15) is 4.79 Å². The number of carbonyl (C=O) groups is 1. The normalized spacial score (nSPS) is 13.7. The second kappa shape index (κ2) is 9.96. The van der Waals surface area contributed by atoms with Crippen LogP contribution in [0.2, 0.25) is 10.0 Å². The predicted molar refractivity (Wildman–Crippen MR) is 121 cm³/mol. The number of carbonyl (C=O) groups excluding carboxylic acids is 1. The zero-order valence-corrected chi connectivity index (χ0v) is 18.1. The highest BCUT2D eigenvalue weighted by atomic mass is 35.5. The Balaban J connectivity index is 1.38. The summed E-state index contributed by atoms with van der Waals surface area (Å²) >= 11 is 11.9. The molecule has 1 fully saturated rings. The third kappa shape index (κ3) is 5.64. The quantitative estimate of drug-likeness (QED) is 0.592. The lowest BCUT2D eigenvalue weighted by molar-refractivity contribution is -0.118. The van der Waals surface area contributed by atoms with Crippen molar-refractivity contribution in [1.82, 2.24) is 10.2 Å². The van der Waals surface area contributed by atoms with Crippen LogP contribution in [0.1, 0.15) is 0 Å². The van der Waals surface area contributed by atoms with E-state index in [1.807, 2.05) is 30.3 Å². The first-order valence-electron chi connectivity index (χ1n) is 9.73. The molecule has 9 heteroatoms. The molecule has 1 amide bonds. The van der Waals surface area contributed by atoms with Crippen molar-refractivity contribution < 1.29 is 14.3 Å². The summed E-state index contributed by atoms with van der Waals surface area (Å²) in [5.41, 5.74) is 2.20.